The summed E-state index contributed by atoms with van der Waals surface area (Å²) in [7, 11) is -0.199. The van der Waals surface area contributed by atoms with Crippen molar-refractivity contribution in [3.63, 3.8) is 0 Å². The highest BCUT2D eigenvalue weighted by atomic mass is 28.2. The molecular formula is C4H11OSi. The topological polar surface area (TPSA) is 19.9 Å². The largest absolute Gasteiger partial charge is 0.238 e. The molecule has 0 saturated carbocycles. The fourth-order valence-corrected chi connectivity index (χ4v) is 1.22. The Morgan fingerprint density at radius 1 is 1.83 bits per heavy atom. The molecular weight excluding hydrogens is 92.1 g/mol. The molecule has 2 heteroatoms. The lowest BCUT2D eigenvalue weighted by atomic mass is 10.9. The van der Waals surface area contributed by atoms with Gasteiger partial charge in [-0.25, -0.2) is 5.11 Å². The van der Waals surface area contributed by atoms with Crippen molar-refractivity contribution in [3.8, 4) is 0 Å². The first-order valence-electron chi connectivity index (χ1n) is 2.43. The van der Waals surface area contributed by atoms with Crippen molar-refractivity contribution in [1.29, 1.82) is 0 Å². The Morgan fingerprint density at radius 3 is 2.33 bits per heavy atom. The Kier molecular flexibility index (Phi) is 3.47. The smallest absolute Gasteiger partial charge is 0.0738 e. The van der Waals surface area contributed by atoms with Gasteiger partial charge in [-0.1, -0.05) is 13.0 Å². The van der Waals surface area contributed by atoms with Crippen molar-refractivity contribution < 1.29 is 5.11 Å². The van der Waals surface area contributed by atoms with E-state index in [0.717, 1.165) is 6.04 Å². The molecule has 0 aliphatic carbocycles. The average molecular weight is 103 g/mol. The maximum atomic E-state index is 10.2. The molecule has 0 aromatic heterocycles. The maximum absolute atomic E-state index is 10.2. The standard InChI is InChI=1S/C4H11OSi/c1-3-6-4(2)5/h4H,3,6H2,1-2H3. The minimum atomic E-state index is -0.213. The zero-order valence-corrected chi connectivity index (χ0v) is 5.81. The van der Waals surface area contributed by atoms with E-state index in [9.17, 15) is 5.11 Å². The summed E-state index contributed by atoms with van der Waals surface area (Å²) < 4.78 is 0. The highest BCUT2D eigenvalue weighted by Gasteiger charge is 1.91. The normalized spacial score (nSPS) is 16.5. The molecule has 0 N–H and O–H groups in total. The molecule has 1 unspecified atom stereocenters. The van der Waals surface area contributed by atoms with E-state index in [1.807, 2.05) is 0 Å². The molecule has 0 spiro atoms. The lowest BCUT2D eigenvalue weighted by Gasteiger charge is -1.90. The van der Waals surface area contributed by atoms with Gasteiger partial charge in [0.2, 0.25) is 0 Å². The van der Waals surface area contributed by atoms with Crippen molar-refractivity contribution in [2.24, 2.45) is 0 Å². The van der Waals surface area contributed by atoms with Gasteiger partial charge in [-0.15, -0.1) is 0 Å². The van der Waals surface area contributed by atoms with E-state index in [1.54, 1.807) is 6.92 Å². The Morgan fingerprint density at radius 2 is 2.33 bits per heavy atom. The van der Waals surface area contributed by atoms with Gasteiger partial charge in [0.05, 0.1) is 15.2 Å². The van der Waals surface area contributed by atoms with Crippen LogP contribution in [0.3, 0.4) is 0 Å². The van der Waals surface area contributed by atoms with Gasteiger partial charge in [-0.2, -0.15) is 0 Å². The highest BCUT2D eigenvalue weighted by Crippen LogP contribution is 1.80. The molecule has 1 atom stereocenters. The molecule has 0 rings (SSSR count). The molecule has 0 bridgehead atoms. The van der Waals surface area contributed by atoms with E-state index in [2.05, 4.69) is 6.92 Å². The Balaban J connectivity index is 2.63. The second kappa shape index (κ2) is 3.37. The number of rotatable bonds is 2. The Hall–Kier alpha value is 0.177. The summed E-state index contributed by atoms with van der Waals surface area (Å²) in [4.78, 5) is 0. The van der Waals surface area contributed by atoms with Gasteiger partial charge in [-0.3, -0.25) is 0 Å². The van der Waals surface area contributed by atoms with E-state index in [1.165, 1.54) is 0 Å². The maximum Gasteiger partial charge on any atom is 0.0738 e. The molecule has 1 radical (unpaired) electrons. The Labute approximate surface area is 41.2 Å². The van der Waals surface area contributed by atoms with Gasteiger partial charge in [0.15, 0.2) is 0 Å². The Bertz CT molecular complexity index is 28.7. The van der Waals surface area contributed by atoms with Crippen molar-refractivity contribution >= 4 is 9.52 Å². The van der Waals surface area contributed by atoms with Gasteiger partial charge in [0.25, 0.3) is 0 Å². The predicted octanol–water partition coefficient (Wildman–Crippen LogP) is 0.370. The predicted molar refractivity (Wildman–Crippen MR) is 29.2 cm³/mol. The van der Waals surface area contributed by atoms with Crippen LogP contribution in [0.25, 0.3) is 0 Å². The zero-order chi connectivity index (χ0) is 4.99. The third-order valence-electron chi connectivity index (χ3n) is 0.695. The van der Waals surface area contributed by atoms with Crippen LogP contribution in [-0.4, -0.2) is 15.2 Å². The van der Waals surface area contributed by atoms with Crippen molar-refractivity contribution in [2.75, 3.05) is 0 Å². The first-order chi connectivity index (χ1) is 2.77. The first-order valence-corrected chi connectivity index (χ1v) is 4.24. The minimum Gasteiger partial charge on any atom is -0.238 e. The average Bonchev–Trinajstić information content (AvgIpc) is 1.35. The fraction of sp³-hybridized carbons (Fsp3) is 1.00. The van der Waals surface area contributed by atoms with E-state index in [-0.39, 0.29) is 15.2 Å². The molecule has 0 aliphatic rings. The lowest BCUT2D eigenvalue weighted by molar-refractivity contribution is 0.171. The summed E-state index contributed by atoms with van der Waals surface area (Å²) in [6.07, 6.45) is 0. The van der Waals surface area contributed by atoms with Crippen LogP contribution >= 0.6 is 0 Å². The van der Waals surface area contributed by atoms with Crippen LogP contribution in [0.4, 0.5) is 0 Å². The number of hydrogen-bond donors (Lipinski definition) is 0. The molecule has 37 valence electrons. The van der Waals surface area contributed by atoms with Gasteiger partial charge >= 0.3 is 0 Å². The third-order valence-corrected chi connectivity index (χ3v) is 2.09. The summed E-state index contributed by atoms with van der Waals surface area (Å²) in [5, 5.41) is 10.2. The molecule has 0 amide bonds. The lowest BCUT2D eigenvalue weighted by Crippen LogP contribution is -2.06. The SMILES string of the molecule is CC[SiH2]C(C)[O]. The van der Waals surface area contributed by atoms with Crippen molar-refractivity contribution in [2.45, 2.75) is 25.6 Å². The van der Waals surface area contributed by atoms with Gasteiger partial charge in [0.1, 0.15) is 0 Å². The van der Waals surface area contributed by atoms with Crippen LogP contribution in [0.5, 0.6) is 0 Å². The molecule has 0 saturated heterocycles. The van der Waals surface area contributed by atoms with E-state index in [4.69, 9.17) is 0 Å². The molecule has 0 aromatic carbocycles. The summed E-state index contributed by atoms with van der Waals surface area (Å²) in [6, 6.07) is 1.16. The second-order valence-corrected chi connectivity index (χ2v) is 4.33. The summed E-state index contributed by atoms with van der Waals surface area (Å²) in [5.41, 5.74) is -0.213. The van der Waals surface area contributed by atoms with Crippen LogP contribution in [-0.2, 0) is 5.11 Å². The summed E-state index contributed by atoms with van der Waals surface area (Å²) >= 11 is 0. The minimum absolute atomic E-state index is 0.199. The first kappa shape index (κ1) is 6.18. The molecule has 0 aromatic rings. The van der Waals surface area contributed by atoms with Crippen LogP contribution in [0.2, 0.25) is 6.04 Å². The van der Waals surface area contributed by atoms with Crippen LogP contribution in [0, 0.1) is 0 Å². The van der Waals surface area contributed by atoms with Crippen molar-refractivity contribution in [3.05, 3.63) is 0 Å². The molecule has 0 fully saturated rings. The summed E-state index contributed by atoms with van der Waals surface area (Å²) in [6.45, 7) is 3.84. The van der Waals surface area contributed by atoms with Crippen LogP contribution in [0.15, 0.2) is 0 Å². The van der Waals surface area contributed by atoms with Gasteiger partial charge in [-0.05, 0) is 6.92 Å². The van der Waals surface area contributed by atoms with Gasteiger partial charge in [0, 0.05) is 0 Å². The van der Waals surface area contributed by atoms with Crippen LogP contribution < -0.4 is 0 Å². The van der Waals surface area contributed by atoms with Crippen molar-refractivity contribution in [1.82, 2.24) is 0 Å². The molecule has 0 aliphatic heterocycles. The number of hydrogen-bond acceptors (Lipinski definition) is 0. The van der Waals surface area contributed by atoms with Crippen LogP contribution in [0.1, 0.15) is 13.8 Å². The quantitative estimate of drug-likeness (QED) is 0.450. The second-order valence-electron chi connectivity index (χ2n) is 1.60. The van der Waals surface area contributed by atoms with Gasteiger partial charge < -0.3 is 0 Å². The third kappa shape index (κ3) is 4.18. The van der Waals surface area contributed by atoms with E-state index < -0.39 is 0 Å². The molecule has 0 heterocycles. The molecule has 6 heavy (non-hydrogen) atoms. The van der Waals surface area contributed by atoms with E-state index >= 15 is 0 Å². The monoisotopic (exact) mass is 103 g/mol. The fourth-order valence-electron chi connectivity index (χ4n) is 0.407. The highest BCUT2D eigenvalue weighted by molar-refractivity contribution is 6.36. The van der Waals surface area contributed by atoms with E-state index in [0.29, 0.717) is 0 Å². The zero-order valence-electron chi connectivity index (χ0n) is 4.40. The molecule has 1 nitrogen and oxygen atoms in total. The summed E-state index contributed by atoms with van der Waals surface area (Å²) in [5.74, 6) is 0.